The van der Waals surface area contributed by atoms with Crippen molar-refractivity contribution in [3.8, 4) is 0 Å². The fourth-order valence-corrected chi connectivity index (χ4v) is 3.66. The molecule has 2 aliphatic rings. The lowest BCUT2D eigenvalue weighted by Gasteiger charge is -2.36. The van der Waals surface area contributed by atoms with Gasteiger partial charge in [0, 0.05) is 25.2 Å². The Morgan fingerprint density at radius 2 is 2.21 bits per heavy atom. The first-order chi connectivity index (χ1) is 9.18. The second kappa shape index (κ2) is 3.63. The number of hydrogen-bond donors (Lipinski definition) is 1. The highest BCUT2D eigenvalue weighted by Crippen LogP contribution is 2.42. The van der Waals surface area contributed by atoms with E-state index in [9.17, 15) is 0 Å². The lowest BCUT2D eigenvalue weighted by Crippen LogP contribution is -2.45. The molecule has 0 spiro atoms. The number of aromatic nitrogens is 5. The smallest absolute Gasteiger partial charge is 0.199 e. The van der Waals surface area contributed by atoms with Crippen LogP contribution in [0.4, 0.5) is 5.82 Å². The summed E-state index contributed by atoms with van der Waals surface area (Å²) in [5.41, 5.74) is 0.791. The number of anilines is 1. The van der Waals surface area contributed by atoms with Gasteiger partial charge in [0.25, 0.3) is 0 Å². The Hall–Kier alpha value is -1.76. The molecule has 0 bridgehead atoms. The van der Waals surface area contributed by atoms with Crippen LogP contribution in [0.15, 0.2) is 12.4 Å². The maximum atomic E-state index is 4.27. The molecule has 2 aromatic heterocycles. The molecule has 2 aliphatic heterocycles. The van der Waals surface area contributed by atoms with Crippen LogP contribution in [0.2, 0.25) is 0 Å². The van der Waals surface area contributed by atoms with Crippen molar-refractivity contribution < 1.29 is 0 Å². The fraction of sp³-hybridized carbons (Fsp3) is 0.667. The van der Waals surface area contributed by atoms with E-state index in [-0.39, 0.29) is 5.54 Å². The number of rotatable bonds is 1. The Morgan fingerprint density at radius 3 is 3.05 bits per heavy atom. The van der Waals surface area contributed by atoms with E-state index in [1.807, 2.05) is 6.20 Å². The Balaban J connectivity index is 1.82. The topological polar surface area (TPSA) is 71.2 Å². The van der Waals surface area contributed by atoms with Crippen molar-refractivity contribution in [1.29, 1.82) is 0 Å². The van der Waals surface area contributed by atoms with Gasteiger partial charge in [-0.1, -0.05) is 0 Å². The van der Waals surface area contributed by atoms with Crippen molar-refractivity contribution in [2.75, 3.05) is 24.5 Å². The van der Waals surface area contributed by atoms with Crippen LogP contribution in [0, 0.1) is 11.8 Å². The summed E-state index contributed by atoms with van der Waals surface area (Å²) in [4.78, 5) is 6.67. The molecule has 2 atom stereocenters. The van der Waals surface area contributed by atoms with E-state index in [4.69, 9.17) is 0 Å². The first-order valence-electron chi connectivity index (χ1n) is 6.68. The molecule has 0 aromatic carbocycles. The van der Waals surface area contributed by atoms with E-state index in [0.29, 0.717) is 17.5 Å². The van der Waals surface area contributed by atoms with E-state index in [2.05, 4.69) is 44.6 Å². The molecular formula is C12H17N7. The molecule has 1 N–H and O–H groups in total. The van der Waals surface area contributed by atoms with E-state index in [1.54, 1.807) is 10.7 Å². The highest BCUT2D eigenvalue weighted by molar-refractivity contribution is 5.49. The van der Waals surface area contributed by atoms with Gasteiger partial charge in [0.1, 0.15) is 0 Å². The van der Waals surface area contributed by atoms with Crippen molar-refractivity contribution in [2.45, 2.75) is 19.4 Å². The predicted octanol–water partition coefficient (Wildman–Crippen LogP) is -0.0465. The highest BCUT2D eigenvalue weighted by atomic mass is 15.5. The molecular weight excluding hydrogens is 242 g/mol. The van der Waals surface area contributed by atoms with Gasteiger partial charge < -0.3 is 10.2 Å². The largest absolute Gasteiger partial charge is 0.349 e. The number of fused-ring (bicyclic) bond motifs is 2. The molecule has 19 heavy (non-hydrogen) atoms. The Kier molecular flexibility index (Phi) is 2.12. The fourth-order valence-electron chi connectivity index (χ4n) is 3.66. The summed E-state index contributed by atoms with van der Waals surface area (Å²) in [6, 6.07) is 0. The summed E-state index contributed by atoms with van der Waals surface area (Å²) in [7, 11) is 0. The molecule has 7 nitrogen and oxygen atoms in total. The van der Waals surface area contributed by atoms with Crippen LogP contribution in [0.3, 0.4) is 0 Å². The molecule has 2 unspecified atom stereocenters. The standard InChI is InChI=1S/C12H17N7/c1-12(2)9-4-13-3-8(9)7-18(12)11-6-14-5-10-15-16-17-19(10)11/h5-6,8-9,13H,3-4,7H2,1-2H3. The minimum absolute atomic E-state index is 0.0933. The summed E-state index contributed by atoms with van der Waals surface area (Å²) in [6.07, 6.45) is 3.55. The van der Waals surface area contributed by atoms with Crippen LogP contribution < -0.4 is 10.2 Å². The lowest BCUT2D eigenvalue weighted by atomic mass is 9.85. The third kappa shape index (κ3) is 1.42. The van der Waals surface area contributed by atoms with E-state index in [0.717, 1.165) is 25.5 Å². The number of hydrogen-bond acceptors (Lipinski definition) is 6. The molecule has 0 radical (unpaired) electrons. The molecule has 2 aromatic rings. The van der Waals surface area contributed by atoms with Crippen LogP contribution in [-0.2, 0) is 0 Å². The minimum Gasteiger partial charge on any atom is -0.349 e. The molecule has 0 aliphatic carbocycles. The van der Waals surface area contributed by atoms with Crippen LogP contribution in [0.5, 0.6) is 0 Å². The van der Waals surface area contributed by atoms with Crippen LogP contribution in [-0.4, -0.2) is 50.2 Å². The SMILES string of the molecule is CC1(C)C2CNCC2CN1c1cncc2nnnn12. The third-order valence-corrected chi connectivity index (χ3v) is 4.73. The van der Waals surface area contributed by atoms with Gasteiger partial charge in [-0.3, -0.25) is 4.98 Å². The zero-order valence-corrected chi connectivity index (χ0v) is 11.1. The van der Waals surface area contributed by atoms with E-state index in [1.165, 1.54) is 0 Å². The molecule has 0 saturated carbocycles. The molecule has 4 rings (SSSR count). The number of nitrogens with zero attached hydrogens (tertiary/aromatic N) is 6. The second-order valence-corrected chi connectivity index (χ2v) is 6.00. The summed E-state index contributed by atoms with van der Waals surface area (Å²) in [5.74, 6) is 2.35. The van der Waals surface area contributed by atoms with E-state index < -0.39 is 0 Å². The number of tetrazole rings is 1. The maximum absolute atomic E-state index is 4.27. The second-order valence-electron chi connectivity index (χ2n) is 6.00. The van der Waals surface area contributed by atoms with Gasteiger partial charge >= 0.3 is 0 Å². The van der Waals surface area contributed by atoms with Crippen LogP contribution in [0.1, 0.15) is 13.8 Å². The first kappa shape index (κ1) is 11.1. The molecule has 0 amide bonds. The summed E-state index contributed by atoms with van der Waals surface area (Å²) < 4.78 is 1.78. The summed E-state index contributed by atoms with van der Waals surface area (Å²) in [5, 5.41) is 15.3. The lowest BCUT2D eigenvalue weighted by molar-refractivity contribution is 0.355. The maximum Gasteiger partial charge on any atom is 0.199 e. The molecule has 2 fully saturated rings. The average Bonchev–Trinajstić information content (AvgIpc) is 3.06. The zero-order valence-electron chi connectivity index (χ0n) is 11.1. The monoisotopic (exact) mass is 259 g/mol. The quantitative estimate of drug-likeness (QED) is 0.774. The average molecular weight is 259 g/mol. The van der Waals surface area contributed by atoms with Crippen molar-refractivity contribution >= 4 is 11.5 Å². The highest BCUT2D eigenvalue weighted by Gasteiger charge is 2.50. The Labute approximate surface area is 111 Å². The van der Waals surface area contributed by atoms with Gasteiger partial charge in [-0.25, -0.2) is 0 Å². The molecule has 7 heteroatoms. The first-order valence-corrected chi connectivity index (χ1v) is 6.68. The van der Waals surface area contributed by atoms with Gasteiger partial charge in [-0.05, 0) is 36.1 Å². The molecule has 100 valence electrons. The zero-order chi connectivity index (χ0) is 13.0. The summed E-state index contributed by atoms with van der Waals surface area (Å²) >= 11 is 0. The van der Waals surface area contributed by atoms with Crippen molar-refractivity contribution in [2.24, 2.45) is 11.8 Å². The Bertz CT molecular complexity index is 619. The van der Waals surface area contributed by atoms with Crippen molar-refractivity contribution in [3.63, 3.8) is 0 Å². The van der Waals surface area contributed by atoms with Crippen molar-refractivity contribution in [1.82, 2.24) is 30.3 Å². The molecule has 2 saturated heterocycles. The minimum atomic E-state index is 0.0933. The third-order valence-electron chi connectivity index (χ3n) is 4.73. The predicted molar refractivity (Wildman–Crippen MR) is 69.9 cm³/mol. The van der Waals surface area contributed by atoms with Gasteiger partial charge in [0.05, 0.1) is 12.4 Å². The Morgan fingerprint density at radius 1 is 1.32 bits per heavy atom. The van der Waals surface area contributed by atoms with Gasteiger partial charge in [-0.2, -0.15) is 4.52 Å². The number of nitrogens with one attached hydrogen (secondary N) is 1. The normalized spacial score (nSPS) is 29.1. The van der Waals surface area contributed by atoms with Gasteiger partial charge in [-0.15, -0.1) is 5.10 Å². The van der Waals surface area contributed by atoms with Gasteiger partial charge in [0.2, 0.25) is 0 Å². The van der Waals surface area contributed by atoms with E-state index >= 15 is 0 Å². The summed E-state index contributed by atoms with van der Waals surface area (Å²) in [6.45, 7) is 7.82. The molecule has 4 heterocycles. The van der Waals surface area contributed by atoms with Gasteiger partial charge in [0.15, 0.2) is 11.5 Å². The van der Waals surface area contributed by atoms with Crippen LogP contribution in [0.25, 0.3) is 5.65 Å². The van der Waals surface area contributed by atoms with Crippen LogP contribution >= 0.6 is 0 Å². The van der Waals surface area contributed by atoms with Crippen molar-refractivity contribution in [3.05, 3.63) is 12.4 Å².